The van der Waals surface area contributed by atoms with Crippen LogP contribution in [0, 0.1) is 5.82 Å². The normalized spacial score (nSPS) is 10.9. The van der Waals surface area contributed by atoms with Crippen molar-refractivity contribution < 1.29 is 4.39 Å². The van der Waals surface area contributed by atoms with Gasteiger partial charge in [0, 0.05) is 12.7 Å². The van der Waals surface area contributed by atoms with Gasteiger partial charge in [0.25, 0.3) is 0 Å². The molecule has 0 unspecified atom stereocenters. The summed E-state index contributed by atoms with van der Waals surface area (Å²) in [7, 11) is 1.99. The van der Waals surface area contributed by atoms with Crippen molar-refractivity contribution in [3.8, 4) is 0 Å². The van der Waals surface area contributed by atoms with Gasteiger partial charge in [0.1, 0.15) is 5.82 Å². The first-order valence-electron chi connectivity index (χ1n) is 4.70. The molecule has 4 heteroatoms. The number of nitrogens with zero attached hydrogens (tertiary/aromatic N) is 2. The number of rotatable bonds is 5. The van der Waals surface area contributed by atoms with Crippen LogP contribution in [0.1, 0.15) is 12.0 Å². The summed E-state index contributed by atoms with van der Waals surface area (Å²) in [5, 5.41) is 0. The lowest BCUT2D eigenvalue weighted by molar-refractivity contribution is 0.323. The van der Waals surface area contributed by atoms with Crippen LogP contribution in [0.2, 0.25) is 0 Å². The topological polar surface area (TPSA) is 42.1 Å². The fourth-order valence-corrected chi connectivity index (χ4v) is 1.29. The van der Waals surface area contributed by atoms with Crippen LogP contribution < -0.4 is 5.73 Å². The summed E-state index contributed by atoms with van der Waals surface area (Å²) < 4.78 is 12.8. The largest absolute Gasteiger partial charge is 0.330 e. The van der Waals surface area contributed by atoms with Crippen LogP contribution >= 0.6 is 0 Å². The second kappa shape index (κ2) is 5.67. The van der Waals surface area contributed by atoms with Gasteiger partial charge in [-0.3, -0.25) is 4.98 Å². The zero-order chi connectivity index (χ0) is 10.4. The minimum atomic E-state index is -0.283. The van der Waals surface area contributed by atoms with Gasteiger partial charge in [0.2, 0.25) is 0 Å². The van der Waals surface area contributed by atoms with Gasteiger partial charge in [-0.2, -0.15) is 0 Å². The molecule has 78 valence electrons. The summed E-state index contributed by atoms with van der Waals surface area (Å²) in [6, 6.07) is 1.51. The molecule has 0 bridgehead atoms. The van der Waals surface area contributed by atoms with Crippen LogP contribution in [-0.4, -0.2) is 30.0 Å². The van der Waals surface area contributed by atoms with Crippen LogP contribution in [-0.2, 0) is 6.54 Å². The molecule has 14 heavy (non-hydrogen) atoms. The van der Waals surface area contributed by atoms with Crippen molar-refractivity contribution in [3.05, 3.63) is 29.8 Å². The van der Waals surface area contributed by atoms with Crippen LogP contribution in [0.5, 0.6) is 0 Å². The van der Waals surface area contributed by atoms with Crippen molar-refractivity contribution in [1.82, 2.24) is 9.88 Å². The van der Waals surface area contributed by atoms with E-state index in [-0.39, 0.29) is 5.82 Å². The van der Waals surface area contributed by atoms with Crippen molar-refractivity contribution in [2.75, 3.05) is 20.1 Å². The van der Waals surface area contributed by atoms with Crippen molar-refractivity contribution in [2.24, 2.45) is 5.73 Å². The summed E-state index contributed by atoms with van der Waals surface area (Å²) in [4.78, 5) is 5.89. The van der Waals surface area contributed by atoms with Gasteiger partial charge in [-0.1, -0.05) is 0 Å². The van der Waals surface area contributed by atoms with E-state index in [0.717, 1.165) is 18.5 Å². The highest BCUT2D eigenvalue weighted by molar-refractivity contribution is 5.09. The first-order chi connectivity index (χ1) is 6.72. The summed E-state index contributed by atoms with van der Waals surface area (Å²) in [6.45, 7) is 2.32. The van der Waals surface area contributed by atoms with Gasteiger partial charge in [-0.05, 0) is 38.2 Å². The number of hydrogen-bond acceptors (Lipinski definition) is 3. The van der Waals surface area contributed by atoms with E-state index in [4.69, 9.17) is 5.73 Å². The fraction of sp³-hybridized carbons (Fsp3) is 0.500. The van der Waals surface area contributed by atoms with Crippen LogP contribution in [0.3, 0.4) is 0 Å². The molecule has 2 N–H and O–H groups in total. The highest BCUT2D eigenvalue weighted by atomic mass is 19.1. The summed E-state index contributed by atoms with van der Waals surface area (Å²) in [6.07, 6.45) is 3.85. The van der Waals surface area contributed by atoms with E-state index in [0.29, 0.717) is 13.1 Å². The minimum absolute atomic E-state index is 0.283. The van der Waals surface area contributed by atoms with Crippen LogP contribution in [0.4, 0.5) is 4.39 Å². The predicted octanol–water partition coefficient (Wildman–Crippen LogP) is 1.00. The third kappa shape index (κ3) is 3.81. The van der Waals surface area contributed by atoms with Gasteiger partial charge >= 0.3 is 0 Å². The second-order valence-electron chi connectivity index (χ2n) is 3.39. The van der Waals surface area contributed by atoms with E-state index < -0.39 is 0 Å². The molecule has 1 aromatic rings. The van der Waals surface area contributed by atoms with Crippen LogP contribution in [0.25, 0.3) is 0 Å². The lowest BCUT2D eigenvalue weighted by Crippen LogP contribution is -2.21. The quantitative estimate of drug-likeness (QED) is 0.765. The van der Waals surface area contributed by atoms with Gasteiger partial charge in [0.05, 0.1) is 6.20 Å². The molecule has 0 aromatic carbocycles. The SMILES string of the molecule is CN(CCCN)Cc1cncc(F)c1. The van der Waals surface area contributed by atoms with Gasteiger partial charge in [-0.15, -0.1) is 0 Å². The maximum atomic E-state index is 12.8. The van der Waals surface area contributed by atoms with Crippen molar-refractivity contribution >= 4 is 0 Å². The van der Waals surface area contributed by atoms with Gasteiger partial charge in [0.15, 0.2) is 0 Å². The molecule has 0 aliphatic carbocycles. The molecule has 0 spiro atoms. The molecule has 3 nitrogen and oxygen atoms in total. The lowest BCUT2D eigenvalue weighted by atomic mass is 10.2. The zero-order valence-corrected chi connectivity index (χ0v) is 8.41. The average Bonchev–Trinajstić information content (AvgIpc) is 2.15. The molecular weight excluding hydrogens is 181 g/mol. The Kier molecular flexibility index (Phi) is 4.49. The molecule has 0 aliphatic rings. The van der Waals surface area contributed by atoms with E-state index >= 15 is 0 Å². The van der Waals surface area contributed by atoms with Gasteiger partial charge < -0.3 is 10.6 Å². The number of halogens is 1. The Hall–Kier alpha value is -1.00. The molecule has 0 radical (unpaired) electrons. The Labute approximate surface area is 83.7 Å². The maximum Gasteiger partial charge on any atom is 0.141 e. The number of aromatic nitrogens is 1. The highest BCUT2D eigenvalue weighted by Gasteiger charge is 2.00. The van der Waals surface area contributed by atoms with E-state index in [1.165, 1.54) is 12.3 Å². The Bertz CT molecular complexity index is 278. The standard InChI is InChI=1S/C10H16FN3/c1-14(4-2-3-12)8-9-5-10(11)7-13-6-9/h5-7H,2-4,8,12H2,1H3. The zero-order valence-electron chi connectivity index (χ0n) is 8.41. The number of nitrogens with two attached hydrogens (primary N) is 1. The van der Waals surface area contributed by atoms with Crippen molar-refractivity contribution in [3.63, 3.8) is 0 Å². The molecule has 0 atom stereocenters. The Balaban J connectivity index is 2.43. The van der Waals surface area contributed by atoms with E-state index in [1.807, 2.05) is 7.05 Å². The molecular formula is C10H16FN3. The first-order valence-corrected chi connectivity index (χ1v) is 4.70. The molecule has 0 fully saturated rings. The third-order valence-corrected chi connectivity index (χ3v) is 1.96. The summed E-state index contributed by atoms with van der Waals surface area (Å²) in [5.74, 6) is -0.283. The second-order valence-corrected chi connectivity index (χ2v) is 3.39. The van der Waals surface area contributed by atoms with Gasteiger partial charge in [-0.25, -0.2) is 4.39 Å². The summed E-state index contributed by atoms with van der Waals surface area (Å²) in [5.41, 5.74) is 6.29. The number of pyridine rings is 1. The third-order valence-electron chi connectivity index (χ3n) is 1.96. The monoisotopic (exact) mass is 197 g/mol. The molecule has 1 aromatic heterocycles. The van der Waals surface area contributed by atoms with Crippen LogP contribution in [0.15, 0.2) is 18.5 Å². The Morgan fingerprint density at radius 2 is 2.29 bits per heavy atom. The van der Waals surface area contributed by atoms with E-state index in [1.54, 1.807) is 6.20 Å². The fourth-order valence-electron chi connectivity index (χ4n) is 1.29. The lowest BCUT2D eigenvalue weighted by Gasteiger charge is -2.15. The molecule has 0 saturated carbocycles. The molecule has 1 heterocycles. The van der Waals surface area contributed by atoms with E-state index in [2.05, 4.69) is 9.88 Å². The van der Waals surface area contributed by atoms with Crippen molar-refractivity contribution in [2.45, 2.75) is 13.0 Å². The van der Waals surface area contributed by atoms with Crippen molar-refractivity contribution in [1.29, 1.82) is 0 Å². The minimum Gasteiger partial charge on any atom is -0.330 e. The molecule has 0 amide bonds. The average molecular weight is 197 g/mol. The van der Waals surface area contributed by atoms with E-state index in [9.17, 15) is 4.39 Å². The molecule has 1 rings (SSSR count). The number of hydrogen-bond donors (Lipinski definition) is 1. The summed E-state index contributed by atoms with van der Waals surface area (Å²) >= 11 is 0. The highest BCUT2D eigenvalue weighted by Crippen LogP contribution is 2.03. The molecule has 0 aliphatic heterocycles. The smallest absolute Gasteiger partial charge is 0.141 e. The predicted molar refractivity (Wildman–Crippen MR) is 54.2 cm³/mol. The Morgan fingerprint density at radius 3 is 2.93 bits per heavy atom. The molecule has 0 saturated heterocycles. The first kappa shape index (κ1) is 11.1. The Morgan fingerprint density at radius 1 is 1.50 bits per heavy atom. The maximum absolute atomic E-state index is 12.8.